The Morgan fingerprint density at radius 3 is 2.87 bits per heavy atom. The lowest BCUT2D eigenvalue weighted by Gasteiger charge is -2.05. The van der Waals surface area contributed by atoms with Gasteiger partial charge < -0.3 is 5.11 Å². The summed E-state index contributed by atoms with van der Waals surface area (Å²) in [6.07, 6.45) is 2.25. The van der Waals surface area contributed by atoms with E-state index in [0.717, 1.165) is 5.69 Å². The van der Waals surface area contributed by atoms with Crippen molar-refractivity contribution in [2.24, 2.45) is 7.05 Å². The van der Waals surface area contributed by atoms with Gasteiger partial charge in [-0.25, -0.2) is 13.1 Å². The first-order valence-corrected chi connectivity index (χ1v) is 6.25. The van der Waals surface area contributed by atoms with Crippen LogP contribution < -0.4 is 4.72 Å². The summed E-state index contributed by atoms with van der Waals surface area (Å²) in [4.78, 5) is 0. The van der Waals surface area contributed by atoms with Crippen molar-refractivity contribution < 1.29 is 13.5 Å². The van der Waals surface area contributed by atoms with E-state index in [1.54, 1.807) is 17.9 Å². The number of aliphatic hydroxyl groups excluding tert-OH is 1. The molecule has 0 atom stereocenters. The van der Waals surface area contributed by atoms with Gasteiger partial charge in [-0.3, -0.25) is 4.68 Å². The van der Waals surface area contributed by atoms with Gasteiger partial charge in [-0.05, 0) is 6.07 Å². The molecule has 0 aromatic carbocycles. The Kier molecular flexibility index (Phi) is 4.25. The zero-order valence-corrected chi connectivity index (χ0v) is 9.37. The summed E-state index contributed by atoms with van der Waals surface area (Å²) in [6.45, 7) is -0.0388. The first-order chi connectivity index (χ1) is 7.05. The quantitative estimate of drug-likeness (QED) is 0.651. The van der Waals surface area contributed by atoms with Crippen LogP contribution in [0.1, 0.15) is 5.69 Å². The molecule has 0 aliphatic carbocycles. The number of rotatable bonds is 6. The van der Waals surface area contributed by atoms with E-state index in [4.69, 9.17) is 5.11 Å². The monoisotopic (exact) mass is 233 g/mol. The molecule has 1 heterocycles. The first kappa shape index (κ1) is 12.2. The smallest absolute Gasteiger partial charge is 0.213 e. The molecule has 6 nitrogen and oxygen atoms in total. The van der Waals surface area contributed by atoms with Crippen molar-refractivity contribution in [2.75, 3.05) is 18.9 Å². The van der Waals surface area contributed by atoms with Crippen LogP contribution in [0.15, 0.2) is 12.3 Å². The lowest BCUT2D eigenvalue weighted by Crippen LogP contribution is -2.29. The molecule has 0 unspecified atom stereocenters. The SMILES string of the molecule is Cn1nccc1CCNS(=O)(=O)CCO. The molecule has 0 spiro atoms. The molecule has 1 rings (SSSR count). The largest absolute Gasteiger partial charge is 0.395 e. The zero-order valence-electron chi connectivity index (χ0n) is 8.55. The van der Waals surface area contributed by atoms with Crippen LogP contribution >= 0.6 is 0 Å². The molecule has 0 aliphatic heterocycles. The van der Waals surface area contributed by atoms with E-state index in [1.165, 1.54) is 0 Å². The summed E-state index contributed by atoms with van der Waals surface area (Å²) in [7, 11) is -1.52. The highest BCUT2D eigenvalue weighted by Crippen LogP contribution is 1.96. The van der Waals surface area contributed by atoms with E-state index >= 15 is 0 Å². The van der Waals surface area contributed by atoms with Gasteiger partial charge >= 0.3 is 0 Å². The first-order valence-electron chi connectivity index (χ1n) is 4.60. The van der Waals surface area contributed by atoms with Gasteiger partial charge in [-0.2, -0.15) is 5.10 Å². The van der Waals surface area contributed by atoms with Gasteiger partial charge in [0.15, 0.2) is 0 Å². The molecule has 2 N–H and O–H groups in total. The minimum Gasteiger partial charge on any atom is -0.395 e. The average Bonchev–Trinajstić information content (AvgIpc) is 2.51. The van der Waals surface area contributed by atoms with Crippen LogP contribution in [0, 0.1) is 0 Å². The highest BCUT2D eigenvalue weighted by atomic mass is 32.2. The van der Waals surface area contributed by atoms with Crippen LogP contribution in [0.2, 0.25) is 0 Å². The molecule has 86 valence electrons. The van der Waals surface area contributed by atoms with Gasteiger partial charge in [0, 0.05) is 31.9 Å². The Hall–Kier alpha value is -0.920. The number of sulfonamides is 1. The van der Waals surface area contributed by atoms with Gasteiger partial charge in [-0.15, -0.1) is 0 Å². The maximum atomic E-state index is 11.2. The second-order valence-corrected chi connectivity index (χ2v) is 5.06. The van der Waals surface area contributed by atoms with Crippen LogP contribution in [0.4, 0.5) is 0 Å². The van der Waals surface area contributed by atoms with Crippen molar-refractivity contribution in [1.29, 1.82) is 0 Å². The molecular weight excluding hydrogens is 218 g/mol. The number of aryl methyl sites for hydroxylation is 1. The predicted octanol–water partition coefficient (Wildman–Crippen LogP) is -1.13. The van der Waals surface area contributed by atoms with E-state index in [-0.39, 0.29) is 12.4 Å². The van der Waals surface area contributed by atoms with E-state index in [9.17, 15) is 8.42 Å². The van der Waals surface area contributed by atoms with Crippen LogP contribution in [0.25, 0.3) is 0 Å². The van der Waals surface area contributed by atoms with Crippen LogP contribution in [-0.4, -0.2) is 42.2 Å². The fourth-order valence-corrected chi connectivity index (χ4v) is 1.97. The molecule has 0 bridgehead atoms. The van der Waals surface area contributed by atoms with Crippen LogP contribution in [0.3, 0.4) is 0 Å². The maximum absolute atomic E-state index is 11.2. The van der Waals surface area contributed by atoms with Crippen molar-refractivity contribution in [3.8, 4) is 0 Å². The third-order valence-corrected chi connectivity index (χ3v) is 3.35. The number of hydrogen-bond acceptors (Lipinski definition) is 4. The fourth-order valence-electron chi connectivity index (χ4n) is 1.17. The number of aliphatic hydroxyl groups is 1. The Bertz CT molecular complexity index is 399. The van der Waals surface area contributed by atoms with Crippen LogP contribution in [-0.2, 0) is 23.5 Å². The number of aromatic nitrogens is 2. The van der Waals surface area contributed by atoms with Crippen molar-refractivity contribution >= 4 is 10.0 Å². The van der Waals surface area contributed by atoms with Gasteiger partial charge in [0.1, 0.15) is 0 Å². The Morgan fingerprint density at radius 1 is 1.60 bits per heavy atom. The van der Waals surface area contributed by atoms with Gasteiger partial charge in [0.05, 0.1) is 12.4 Å². The zero-order chi connectivity index (χ0) is 11.3. The maximum Gasteiger partial charge on any atom is 0.213 e. The minimum absolute atomic E-state index is 0.252. The van der Waals surface area contributed by atoms with Gasteiger partial charge in [0.2, 0.25) is 10.0 Å². The molecule has 0 fully saturated rings. The molecule has 0 saturated heterocycles. The third-order valence-electron chi connectivity index (χ3n) is 1.99. The predicted molar refractivity (Wildman–Crippen MR) is 55.8 cm³/mol. The summed E-state index contributed by atoms with van der Waals surface area (Å²) >= 11 is 0. The summed E-state index contributed by atoms with van der Waals surface area (Å²) in [5, 5.41) is 12.5. The summed E-state index contributed by atoms with van der Waals surface area (Å²) in [5.41, 5.74) is 0.960. The van der Waals surface area contributed by atoms with Crippen LogP contribution in [0.5, 0.6) is 0 Å². The van der Waals surface area contributed by atoms with E-state index in [2.05, 4.69) is 9.82 Å². The molecular formula is C8H15N3O3S. The highest BCUT2D eigenvalue weighted by molar-refractivity contribution is 7.89. The van der Waals surface area contributed by atoms with Crippen molar-refractivity contribution in [3.05, 3.63) is 18.0 Å². The number of hydrogen-bond donors (Lipinski definition) is 2. The molecule has 15 heavy (non-hydrogen) atoms. The Balaban J connectivity index is 2.37. The van der Waals surface area contributed by atoms with Crippen molar-refractivity contribution in [1.82, 2.24) is 14.5 Å². The topological polar surface area (TPSA) is 84.2 Å². The van der Waals surface area contributed by atoms with Crippen molar-refractivity contribution in [2.45, 2.75) is 6.42 Å². The molecule has 7 heteroatoms. The lowest BCUT2D eigenvalue weighted by molar-refractivity contribution is 0.319. The van der Waals surface area contributed by atoms with E-state index < -0.39 is 10.0 Å². The Labute approximate surface area is 89.0 Å². The number of nitrogens with zero attached hydrogens (tertiary/aromatic N) is 2. The minimum atomic E-state index is -3.33. The molecule has 1 aromatic heterocycles. The molecule has 0 amide bonds. The van der Waals surface area contributed by atoms with Gasteiger partial charge in [0.25, 0.3) is 0 Å². The van der Waals surface area contributed by atoms with Crippen molar-refractivity contribution in [3.63, 3.8) is 0 Å². The molecule has 0 radical (unpaired) electrons. The Morgan fingerprint density at radius 2 is 2.33 bits per heavy atom. The van der Waals surface area contributed by atoms with E-state index in [1.807, 2.05) is 6.07 Å². The highest BCUT2D eigenvalue weighted by Gasteiger charge is 2.08. The standard InChI is InChI=1S/C8H15N3O3S/c1-11-8(2-4-9-11)3-5-10-15(13,14)7-6-12/h2,4,10,12H,3,5-7H2,1H3. The molecule has 1 aromatic rings. The third kappa shape index (κ3) is 3.98. The van der Waals surface area contributed by atoms with E-state index in [0.29, 0.717) is 13.0 Å². The summed E-state index contributed by atoms with van der Waals surface area (Å²) in [5.74, 6) is -0.252. The summed E-state index contributed by atoms with van der Waals surface area (Å²) < 4.78 is 26.4. The summed E-state index contributed by atoms with van der Waals surface area (Å²) in [6, 6.07) is 1.83. The normalized spacial score (nSPS) is 11.9. The number of nitrogens with one attached hydrogen (secondary N) is 1. The second-order valence-electron chi connectivity index (χ2n) is 3.13. The van der Waals surface area contributed by atoms with Gasteiger partial charge in [-0.1, -0.05) is 0 Å². The second kappa shape index (κ2) is 5.24. The fraction of sp³-hybridized carbons (Fsp3) is 0.625. The lowest BCUT2D eigenvalue weighted by atomic mass is 10.3. The molecule has 0 saturated carbocycles. The molecule has 0 aliphatic rings. The average molecular weight is 233 g/mol.